The van der Waals surface area contributed by atoms with E-state index >= 15 is 0 Å². The Bertz CT molecular complexity index is 239. The molecule has 2 saturated carbocycles. The Morgan fingerprint density at radius 1 is 1.13 bits per heavy atom. The van der Waals surface area contributed by atoms with Gasteiger partial charge in [0, 0.05) is 12.8 Å². The molecule has 3 heteroatoms. The number of esters is 1. The Labute approximate surface area is 90.8 Å². The predicted molar refractivity (Wildman–Crippen MR) is 56.2 cm³/mol. The van der Waals surface area contributed by atoms with Crippen LogP contribution in [-0.4, -0.2) is 23.3 Å². The summed E-state index contributed by atoms with van der Waals surface area (Å²) < 4.78 is 5.36. The van der Waals surface area contributed by atoms with E-state index in [1.165, 1.54) is 19.8 Å². The van der Waals surface area contributed by atoms with Crippen LogP contribution in [0.1, 0.15) is 45.4 Å². The van der Waals surface area contributed by atoms with Crippen molar-refractivity contribution in [2.75, 3.05) is 0 Å². The first-order valence-corrected chi connectivity index (χ1v) is 6.04. The second kappa shape index (κ2) is 4.52. The van der Waals surface area contributed by atoms with Crippen LogP contribution in [0.2, 0.25) is 0 Å². The summed E-state index contributed by atoms with van der Waals surface area (Å²) in [5.41, 5.74) is 0. The molecule has 0 bridgehead atoms. The zero-order chi connectivity index (χ0) is 10.8. The molecule has 2 aliphatic rings. The standard InChI is InChI=1S/C12H20O3/c1-8(13)15-12-7-6-11(14)9-4-2-3-5-10(9)12/h9-12,14H,2-7H2,1H3/t9?,10?,11-,12-/m1/s1. The van der Waals surface area contributed by atoms with Crippen LogP contribution in [0.3, 0.4) is 0 Å². The van der Waals surface area contributed by atoms with E-state index in [9.17, 15) is 9.90 Å². The number of hydrogen-bond acceptors (Lipinski definition) is 3. The van der Waals surface area contributed by atoms with Crippen LogP contribution < -0.4 is 0 Å². The number of hydrogen-bond donors (Lipinski definition) is 1. The fraction of sp³-hybridized carbons (Fsp3) is 0.917. The minimum absolute atomic E-state index is 0.0659. The highest BCUT2D eigenvalue weighted by Crippen LogP contribution is 2.41. The number of aliphatic hydroxyl groups is 1. The molecule has 2 rings (SSSR count). The highest BCUT2D eigenvalue weighted by molar-refractivity contribution is 5.66. The largest absolute Gasteiger partial charge is 0.462 e. The summed E-state index contributed by atoms with van der Waals surface area (Å²) in [5.74, 6) is 0.601. The van der Waals surface area contributed by atoms with Crippen LogP contribution in [-0.2, 0) is 9.53 Å². The lowest BCUT2D eigenvalue weighted by molar-refractivity contribution is -0.158. The van der Waals surface area contributed by atoms with Gasteiger partial charge >= 0.3 is 5.97 Å². The molecule has 0 spiro atoms. The van der Waals surface area contributed by atoms with Crippen molar-refractivity contribution in [3.63, 3.8) is 0 Å². The molecule has 2 fully saturated rings. The maximum Gasteiger partial charge on any atom is 0.302 e. The Hall–Kier alpha value is -0.570. The molecule has 0 aliphatic heterocycles. The lowest BCUT2D eigenvalue weighted by atomic mass is 9.68. The van der Waals surface area contributed by atoms with Gasteiger partial charge in [0.25, 0.3) is 0 Å². The lowest BCUT2D eigenvalue weighted by Crippen LogP contribution is -2.44. The van der Waals surface area contributed by atoms with Crippen molar-refractivity contribution >= 4 is 5.97 Å². The van der Waals surface area contributed by atoms with Crippen molar-refractivity contribution < 1.29 is 14.6 Å². The minimum atomic E-state index is -0.180. The molecule has 0 radical (unpaired) electrons. The molecule has 0 amide bonds. The van der Waals surface area contributed by atoms with Gasteiger partial charge in [-0.05, 0) is 31.6 Å². The summed E-state index contributed by atoms with van der Waals surface area (Å²) in [5, 5.41) is 9.92. The summed E-state index contributed by atoms with van der Waals surface area (Å²) in [4.78, 5) is 11.0. The van der Waals surface area contributed by atoms with Gasteiger partial charge in [-0.25, -0.2) is 0 Å². The van der Waals surface area contributed by atoms with Gasteiger partial charge in [0.05, 0.1) is 6.10 Å². The smallest absolute Gasteiger partial charge is 0.302 e. The van der Waals surface area contributed by atoms with Crippen molar-refractivity contribution in [1.82, 2.24) is 0 Å². The van der Waals surface area contributed by atoms with Gasteiger partial charge in [0.15, 0.2) is 0 Å². The van der Waals surface area contributed by atoms with Crippen LogP contribution >= 0.6 is 0 Å². The van der Waals surface area contributed by atoms with Crippen LogP contribution in [0.25, 0.3) is 0 Å². The molecule has 1 N–H and O–H groups in total. The van der Waals surface area contributed by atoms with Crippen LogP contribution in [0.5, 0.6) is 0 Å². The molecular formula is C12H20O3. The number of rotatable bonds is 1. The molecule has 0 aromatic carbocycles. The molecule has 2 aliphatic carbocycles. The number of ether oxygens (including phenoxy) is 1. The molecule has 0 saturated heterocycles. The third-order valence-corrected chi connectivity index (χ3v) is 3.91. The second-order valence-electron chi connectivity index (χ2n) is 4.90. The van der Waals surface area contributed by atoms with Crippen molar-refractivity contribution in [2.24, 2.45) is 11.8 Å². The predicted octanol–water partition coefficient (Wildman–Crippen LogP) is 1.88. The van der Waals surface area contributed by atoms with Gasteiger partial charge in [-0.1, -0.05) is 12.8 Å². The quantitative estimate of drug-likeness (QED) is 0.675. The molecule has 0 heterocycles. The van der Waals surface area contributed by atoms with Gasteiger partial charge in [-0.15, -0.1) is 0 Å². The first kappa shape index (κ1) is 10.9. The molecule has 0 aromatic heterocycles. The van der Waals surface area contributed by atoms with Gasteiger partial charge in [-0.3, -0.25) is 4.79 Å². The lowest BCUT2D eigenvalue weighted by Gasteiger charge is -2.43. The monoisotopic (exact) mass is 212 g/mol. The van der Waals surface area contributed by atoms with Crippen molar-refractivity contribution in [3.05, 3.63) is 0 Å². The molecule has 4 atom stereocenters. The molecule has 2 unspecified atom stereocenters. The average Bonchev–Trinajstić information content (AvgIpc) is 2.22. The average molecular weight is 212 g/mol. The SMILES string of the molecule is CC(=O)O[C@@H]1CC[C@@H](O)C2CCCCC21. The zero-order valence-corrected chi connectivity index (χ0v) is 9.32. The van der Waals surface area contributed by atoms with Crippen molar-refractivity contribution in [3.8, 4) is 0 Å². The van der Waals surface area contributed by atoms with E-state index in [-0.39, 0.29) is 18.2 Å². The molecule has 3 nitrogen and oxygen atoms in total. The fourth-order valence-corrected chi connectivity index (χ4v) is 3.25. The van der Waals surface area contributed by atoms with E-state index in [2.05, 4.69) is 0 Å². The Balaban J connectivity index is 2.03. The molecule has 0 aromatic rings. The normalized spacial score (nSPS) is 40.7. The van der Waals surface area contributed by atoms with E-state index < -0.39 is 0 Å². The van der Waals surface area contributed by atoms with Crippen LogP contribution in [0, 0.1) is 11.8 Å². The summed E-state index contributed by atoms with van der Waals surface area (Å²) >= 11 is 0. The number of carbonyl (C=O) groups excluding carboxylic acids is 1. The Morgan fingerprint density at radius 2 is 1.80 bits per heavy atom. The highest BCUT2D eigenvalue weighted by Gasteiger charge is 2.41. The number of carbonyl (C=O) groups is 1. The Kier molecular flexibility index (Phi) is 3.29. The van der Waals surface area contributed by atoms with Crippen molar-refractivity contribution in [2.45, 2.75) is 57.7 Å². The first-order chi connectivity index (χ1) is 7.18. The molecule has 86 valence electrons. The van der Waals surface area contributed by atoms with Gasteiger partial charge in [0.2, 0.25) is 0 Å². The van der Waals surface area contributed by atoms with Gasteiger partial charge in [0.1, 0.15) is 6.10 Å². The topological polar surface area (TPSA) is 46.5 Å². The number of aliphatic hydroxyl groups excluding tert-OH is 1. The fourth-order valence-electron chi connectivity index (χ4n) is 3.25. The van der Waals surface area contributed by atoms with Gasteiger partial charge in [-0.2, -0.15) is 0 Å². The third-order valence-electron chi connectivity index (χ3n) is 3.91. The minimum Gasteiger partial charge on any atom is -0.462 e. The molecular weight excluding hydrogens is 192 g/mol. The summed E-state index contributed by atoms with van der Waals surface area (Å²) in [6, 6.07) is 0. The van der Waals surface area contributed by atoms with Crippen LogP contribution in [0.4, 0.5) is 0 Å². The maximum atomic E-state index is 11.0. The summed E-state index contributed by atoms with van der Waals surface area (Å²) in [7, 11) is 0. The summed E-state index contributed by atoms with van der Waals surface area (Å²) in [6.45, 7) is 1.48. The first-order valence-electron chi connectivity index (χ1n) is 6.04. The van der Waals surface area contributed by atoms with Gasteiger partial charge < -0.3 is 9.84 Å². The number of fused-ring (bicyclic) bond motifs is 1. The van der Waals surface area contributed by atoms with E-state index in [0.29, 0.717) is 11.8 Å². The van der Waals surface area contributed by atoms with E-state index in [4.69, 9.17) is 4.74 Å². The zero-order valence-electron chi connectivity index (χ0n) is 9.32. The summed E-state index contributed by atoms with van der Waals surface area (Å²) in [6.07, 6.45) is 6.17. The van der Waals surface area contributed by atoms with Crippen LogP contribution in [0.15, 0.2) is 0 Å². The Morgan fingerprint density at radius 3 is 2.47 bits per heavy atom. The highest BCUT2D eigenvalue weighted by atomic mass is 16.5. The van der Waals surface area contributed by atoms with E-state index in [0.717, 1.165) is 25.7 Å². The van der Waals surface area contributed by atoms with E-state index in [1.54, 1.807) is 0 Å². The molecule has 15 heavy (non-hydrogen) atoms. The van der Waals surface area contributed by atoms with Crippen molar-refractivity contribution in [1.29, 1.82) is 0 Å². The maximum absolute atomic E-state index is 11.0. The van der Waals surface area contributed by atoms with E-state index in [1.807, 2.05) is 0 Å². The second-order valence-corrected chi connectivity index (χ2v) is 4.90. The third kappa shape index (κ3) is 2.33.